The number of carbonyl (C=O) groups is 1. The Labute approximate surface area is 178 Å². The van der Waals surface area contributed by atoms with Gasteiger partial charge in [0.2, 0.25) is 10.0 Å². The summed E-state index contributed by atoms with van der Waals surface area (Å²) in [6.07, 6.45) is 8.53. The average molecular weight is 437 g/mol. The quantitative estimate of drug-likeness (QED) is 0.734. The molecule has 3 aliphatic heterocycles. The lowest BCUT2D eigenvalue weighted by atomic mass is 9.99. The fraction of sp³-hybridized carbons (Fsp3) is 0.810. The molecule has 3 saturated heterocycles. The summed E-state index contributed by atoms with van der Waals surface area (Å²) in [4.78, 5) is 14.8. The lowest BCUT2D eigenvalue weighted by Gasteiger charge is -2.40. The third-order valence-electron chi connectivity index (χ3n) is 7.39. The Morgan fingerprint density at radius 3 is 2.57 bits per heavy atom. The topological polar surface area (TPSA) is 95.8 Å². The molecule has 4 heterocycles. The number of hydrogen-bond acceptors (Lipinski definition) is 6. The zero-order valence-electron chi connectivity index (χ0n) is 17.6. The van der Waals surface area contributed by atoms with Gasteiger partial charge in [-0.1, -0.05) is 11.6 Å². The van der Waals surface area contributed by atoms with Crippen LogP contribution >= 0.6 is 0 Å². The molecule has 0 aromatic carbocycles. The van der Waals surface area contributed by atoms with Crippen molar-refractivity contribution >= 4 is 15.9 Å². The number of rotatable bonds is 6. The molecule has 4 fully saturated rings. The van der Waals surface area contributed by atoms with E-state index in [9.17, 15) is 13.2 Å². The third kappa shape index (κ3) is 4.03. The van der Waals surface area contributed by atoms with E-state index in [0.717, 1.165) is 57.3 Å². The summed E-state index contributed by atoms with van der Waals surface area (Å²) in [6.45, 7) is 0.978. The molecular weight excluding hydrogens is 404 g/mol. The number of hydrogen-bond donors (Lipinski definition) is 1. The maximum atomic E-state index is 13.3. The SMILES string of the molecule is CN1CCCC[C@H]1CS(=O)(=O)N1[C@@H]2CC[C@H]1C[C@@H](NC(=O)c1cc(C3CC3)on1)C2. The van der Waals surface area contributed by atoms with Crippen molar-refractivity contribution in [2.45, 2.75) is 87.9 Å². The van der Waals surface area contributed by atoms with Crippen molar-refractivity contribution in [3.05, 3.63) is 17.5 Å². The number of nitrogens with zero attached hydrogens (tertiary/aromatic N) is 3. The summed E-state index contributed by atoms with van der Waals surface area (Å²) in [5.41, 5.74) is 0.333. The Balaban J connectivity index is 1.21. The molecule has 2 bridgehead atoms. The first kappa shape index (κ1) is 20.5. The van der Waals surface area contributed by atoms with E-state index >= 15 is 0 Å². The van der Waals surface area contributed by atoms with Crippen molar-refractivity contribution in [3.8, 4) is 0 Å². The van der Waals surface area contributed by atoms with E-state index in [-0.39, 0.29) is 35.8 Å². The molecule has 1 aliphatic carbocycles. The van der Waals surface area contributed by atoms with Crippen LogP contribution < -0.4 is 5.32 Å². The summed E-state index contributed by atoms with van der Waals surface area (Å²) >= 11 is 0. The average Bonchev–Trinajstić information content (AvgIpc) is 3.35. The predicted molar refractivity (Wildman–Crippen MR) is 112 cm³/mol. The zero-order chi connectivity index (χ0) is 20.9. The van der Waals surface area contributed by atoms with Crippen molar-refractivity contribution in [2.75, 3.05) is 19.3 Å². The molecular formula is C21H32N4O4S. The van der Waals surface area contributed by atoms with Crippen LogP contribution in [0.5, 0.6) is 0 Å². The minimum Gasteiger partial charge on any atom is -0.360 e. The van der Waals surface area contributed by atoms with E-state index < -0.39 is 10.0 Å². The number of amides is 1. The largest absolute Gasteiger partial charge is 0.360 e. The van der Waals surface area contributed by atoms with Crippen molar-refractivity contribution in [3.63, 3.8) is 0 Å². The van der Waals surface area contributed by atoms with Gasteiger partial charge in [-0.3, -0.25) is 4.79 Å². The van der Waals surface area contributed by atoms with Crippen molar-refractivity contribution in [2.24, 2.45) is 0 Å². The summed E-state index contributed by atoms with van der Waals surface area (Å²) < 4.78 is 33.6. The van der Waals surface area contributed by atoms with Gasteiger partial charge in [-0.15, -0.1) is 0 Å². The monoisotopic (exact) mass is 436 g/mol. The van der Waals surface area contributed by atoms with Crippen LogP contribution in [0.2, 0.25) is 0 Å². The molecule has 4 aliphatic rings. The summed E-state index contributed by atoms with van der Waals surface area (Å²) in [5, 5.41) is 7.00. The Kier molecular flexibility index (Phi) is 5.39. The van der Waals surface area contributed by atoms with Gasteiger partial charge in [0.25, 0.3) is 5.91 Å². The van der Waals surface area contributed by atoms with Crippen LogP contribution in [0.4, 0.5) is 0 Å². The van der Waals surface area contributed by atoms with Gasteiger partial charge >= 0.3 is 0 Å². The first-order valence-electron chi connectivity index (χ1n) is 11.4. The van der Waals surface area contributed by atoms with E-state index in [1.54, 1.807) is 10.4 Å². The van der Waals surface area contributed by atoms with Gasteiger partial charge in [0.05, 0.1) is 5.75 Å². The number of fused-ring (bicyclic) bond motifs is 2. The summed E-state index contributed by atoms with van der Waals surface area (Å²) in [5.74, 6) is 1.23. The van der Waals surface area contributed by atoms with Crippen LogP contribution in [0.25, 0.3) is 0 Å². The Morgan fingerprint density at radius 2 is 1.90 bits per heavy atom. The Bertz CT molecular complexity index is 883. The highest BCUT2D eigenvalue weighted by molar-refractivity contribution is 7.89. The summed E-state index contributed by atoms with van der Waals surface area (Å²) in [6, 6.07) is 1.84. The minimum atomic E-state index is -3.30. The third-order valence-corrected chi connectivity index (χ3v) is 9.43. The predicted octanol–water partition coefficient (Wildman–Crippen LogP) is 2.09. The molecule has 166 valence electrons. The Hall–Kier alpha value is -1.45. The smallest absolute Gasteiger partial charge is 0.273 e. The number of sulfonamides is 1. The number of piperidine rings is 2. The first-order chi connectivity index (χ1) is 14.4. The van der Waals surface area contributed by atoms with Gasteiger partial charge in [0, 0.05) is 36.2 Å². The molecule has 9 heteroatoms. The van der Waals surface area contributed by atoms with E-state index in [4.69, 9.17) is 4.52 Å². The number of likely N-dealkylation sites (tertiary alicyclic amines) is 1. The number of aromatic nitrogens is 1. The molecule has 8 nitrogen and oxygen atoms in total. The lowest BCUT2D eigenvalue weighted by Crippen LogP contribution is -2.54. The molecule has 1 aromatic rings. The van der Waals surface area contributed by atoms with Gasteiger partial charge in [-0.2, -0.15) is 4.31 Å². The second-order valence-corrected chi connectivity index (χ2v) is 11.6. The minimum absolute atomic E-state index is 0.00715. The van der Waals surface area contributed by atoms with Gasteiger partial charge in [0.1, 0.15) is 5.76 Å². The maximum absolute atomic E-state index is 13.3. The second kappa shape index (κ2) is 7.91. The lowest BCUT2D eigenvalue weighted by molar-refractivity contribution is 0.0899. The standard InChI is InChI=1S/C21H32N4O4S/c1-24-9-3-2-4-18(24)13-30(27,28)25-16-7-8-17(25)11-15(10-16)22-21(26)19-12-20(29-23-19)14-5-6-14/h12,14-18H,2-11,13H2,1H3,(H,22,26)/t15-,16+,17-,18-/m0/s1. The molecule has 0 spiro atoms. The highest BCUT2D eigenvalue weighted by Crippen LogP contribution is 2.41. The van der Waals surface area contributed by atoms with Crippen molar-refractivity contribution in [1.82, 2.24) is 19.7 Å². The van der Waals surface area contributed by atoms with E-state index in [1.807, 2.05) is 7.05 Å². The molecule has 1 saturated carbocycles. The molecule has 1 amide bonds. The van der Waals surface area contributed by atoms with Crippen LogP contribution in [-0.4, -0.2) is 72.2 Å². The zero-order valence-corrected chi connectivity index (χ0v) is 18.4. The molecule has 4 atom stereocenters. The summed E-state index contributed by atoms with van der Waals surface area (Å²) in [7, 11) is -1.27. The van der Waals surface area contributed by atoms with Gasteiger partial charge in [-0.25, -0.2) is 8.42 Å². The highest BCUT2D eigenvalue weighted by Gasteiger charge is 2.47. The van der Waals surface area contributed by atoms with Crippen LogP contribution in [0.3, 0.4) is 0 Å². The van der Waals surface area contributed by atoms with E-state index in [2.05, 4.69) is 15.4 Å². The van der Waals surface area contributed by atoms with Gasteiger partial charge in [0.15, 0.2) is 5.69 Å². The van der Waals surface area contributed by atoms with Crippen LogP contribution in [0, 0.1) is 0 Å². The normalized spacial score (nSPS) is 33.0. The van der Waals surface area contributed by atoms with Crippen molar-refractivity contribution in [1.29, 1.82) is 0 Å². The number of nitrogens with one attached hydrogen (secondary N) is 1. The van der Waals surface area contributed by atoms with Crippen LogP contribution in [0.1, 0.15) is 80.0 Å². The fourth-order valence-electron chi connectivity index (χ4n) is 5.61. The fourth-order valence-corrected chi connectivity index (χ4v) is 7.98. The van der Waals surface area contributed by atoms with Gasteiger partial charge in [-0.05, 0) is 65.0 Å². The maximum Gasteiger partial charge on any atom is 0.273 e. The van der Waals surface area contributed by atoms with E-state index in [1.165, 1.54) is 0 Å². The van der Waals surface area contributed by atoms with Crippen LogP contribution in [-0.2, 0) is 10.0 Å². The molecule has 30 heavy (non-hydrogen) atoms. The van der Waals surface area contributed by atoms with Gasteiger partial charge < -0.3 is 14.7 Å². The van der Waals surface area contributed by atoms with Crippen LogP contribution in [0.15, 0.2) is 10.6 Å². The molecule has 1 aromatic heterocycles. The molecule has 5 rings (SSSR count). The molecule has 0 radical (unpaired) electrons. The second-order valence-electron chi connectivity index (χ2n) is 9.65. The highest BCUT2D eigenvalue weighted by atomic mass is 32.2. The molecule has 0 unspecified atom stereocenters. The Morgan fingerprint density at radius 1 is 1.17 bits per heavy atom. The first-order valence-corrected chi connectivity index (χ1v) is 13.0. The van der Waals surface area contributed by atoms with E-state index in [0.29, 0.717) is 24.5 Å². The number of carbonyl (C=O) groups excluding carboxylic acids is 1. The van der Waals surface area contributed by atoms with Crippen molar-refractivity contribution < 1.29 is 17.7 Å². The molecule has 1 N–H and O–H groups in total.